The molecule has 6 nitrogen and oxygen atoms in total. The Bertz CT molecular complexity index is 715. The molecule has 2 aromatic rings. The summed E-state index contributed by atoms with van der Waals surface area (Å²) in [6, 6.07) is 15.5. The number of rotatable bonds is 10. The second kappa shape index (κ2) is 11.1. The quantitative estimate of drug-likeness (QED) is 0.377. The van der Waals surface area contributed by atoms with Crippen molar-refractivity contribution >= 4 is 11.6 Å². The molecule has 0 heterocycles. The van der Waals surface area contributed by atoms with Crippen molar-refractivity contribution in [1.82, 2.24) is 0 Å². The van der Waals surface area contributed by atoms with E-state index in [0.717, 1.165) is 29.2 Å². The monoisotopic (exact) mass is 371 g/mol. The molecule has 0 fully saturated rings. The van der Waals surface area contributed by atoms with Crippen LogP contribution in [-0.4, -0.2) is 32.4 Å². The van der Waals surface area contributed by atoms with E-state index in [1.54, 1.807) is 7.11 Å². The van der Waals surface area contributed by atoms with Crippen LogP contribution >= 0.6 is 0 Å². The number of aliphatic imine (C=N–C) groups is 1. The van der Waals surface area contributed by atoms with Crippen LogP contribution in [-0.2, 0) is 11.3 Å². The number of nitrogens with zero attached hydrogens (tertiary/aromatic N) is 1. The fourth-order valence-corrected chi connectivity index (χ4v) is 2.38. The van der Waals surface area contributed by atoms with E-state index in [2.05, 4.69) is 10.3 Å². The Hall–Kier alpha value is -2.73. The summed E-state index contributed by atoms with van der Waals surface area (Å²) in [5.74, 6) is 2.01. The minimum absolute atomic E-state index is 0.148. The Labute approximate surface area is 161 Å². The van der Waals surface area contributed by atoms with Gasteiger partial charge in [-0.25, -0.2) is 4.99 Å². The first-order chi connectivity index (χ1) is 13.1. The smallest absolute Gasteiger partial charge is 0.193 e. The molecule has 0 atom stereocenters. The third-order valence-corrected chi connectivity index (χ3v) is 3.59. The van der Waals surface area contributed by atoms with Crippen LogP contribution in [0.3, 0.4) is 0 Å². The van der Waals surface area contributed by atoms with Crippen LogP contribution in [0.25, 0.3) is 0 Å². The Balaban J connectivity index is 1.85. The topological polar surface area (TPSA) is 78.1 Å². The predicted molar refractivity (Wildman–Crippen MR) is 110 cm³/mol. The van der Waals surface area contributed by atoms with E-state index in [4.69, 9.17) is 19.9 Å². The van der Waals surface area contributed by atoms with Gasteiger partial charge in [-0.3, -0.25) is 0 Å². The molecule has 0 amide bonds. The highest BCUT2D eigenvalue weighted by Gasteiger charge is 2.01. The Morgan fingerprint density at radius 2 is 1.85 bits per heavy atom. The number of nitrogens with two attached hydrogens (primary N) is 1. The summed E-state index contributed by atoms with van der Waals surface area (Å²) in [4.78, 5) is 4.39. The van der Waals surface area contributed by atoms with Crippen LogP contribution in [0.2, 0.25) is 0 Å². The average Bonchev–Trinajstić information content (AvgIpc) is 2.65. The summed E-state index contributed by atoms with van der Waals surface area (Å²) in [7, 11) is 1.69. The van der Waals surface area contributed by atoms with Crippen molar-refractivity contribution in [2.24, 2.45) is 10.7 Å². The molecule has 0 aromatic heterocycles. The van der Waals surface area contributed by atoms with Crippen LogP contribution in [0.5, 0.6) is 11.5 Å². The van der Waals surface area contributed by atoms with Crippen molar-refractivity contribution < 1.29 is 14.2 Å². The Morgan fingerprint density at radius 1 is 1.07 bits per heavy atom. The number of methoxy groups -OCH3 is 1. The highest BCUT2D eigenvalue weighted by molar-refractivity contribution is 5.92. The molecule has 0 saturated carbocycles. The summed E-state index contributed by atoms with van der Waals surface area (Å²) in [5, 5.41) is 3.08. The molecule has 3 N–H and O–H groups in total. The lowest BCUT2D eigenvalue weighted by Crippen LogP contribution is -2.22. The second-order valence-corrected chi connectivity index (χ2v) is 6.36. The first-order valence-corrected chi connectivity index (χ1v) is 9.11. The van der Waals surface area contributed by atoms with Crippen LogP contribution < -0.4 is 20.5 Å². The molecule has 6 heteroatoms. The zero-order chi connectivity index (χ0) is 19.5. The molecule has 0 aliphatic rings. The standard InChI is InChI=1S/C21H29N3O3/c1-16(2)27-19-10-8-18(9-11-19)24-21(22)23-15-17-6-4-7-20(14-17)26-13-5-12-25-3/h4,6-11,14,16H,5,12-13,15H2,1-3H3,(H3,22,23,24). The van der Waals surface area contributed by atoms with Crippen molar-refractivity contribution in [3.8, 4) is 11.5 Å². The van der Waals surface area contributed by atoms with Gasteiger partial charge < -0.3 is 25.3 Å². The lowest BCUT2D eigenvalue weighted by Gasteiger charge is -2.11. The summed E-state index contributed by atoms with van der Waals surface area (Å²) >= 11 is 0. The number of benzene rings is 2. The molecule has 0 aliphatic heterocycles. The molecular formula is C21H29N3O3. The van der Waals surface area contributed by atoms with Crippen LogP contribution in [0.1, 0.15) is 25.8 Å². The van der Waals surface area contributed by atoms with Gasteiger partial charge in [-0.15, -0.1) is 0 Å². The van der Waals surface area contributed by atoms with E-state index in [-0.39, 0.29) is 6.10 Å². The fraction of sp³-hybridized carbons (Fsp3) is 0.381. The molecular weight excluding hydrogens is 342 g/mol. The van der Waals surface area contributed by atoms with Crippen LogP contribution in [0.15, 0.2) is 53.5 Å². The maximum atomic E-state index is 5.99. The van der Waals surface area contributed by atoms with E-state index in [9.17, 15) is 0 Å². The molecule has 0 spiro atoms. The SMILES string of the molecule is COCCCOc1cccc(CN=C(N)Nc2ccc(OC(C)C)cc2)c1. The fourth-order valence-electron chi connectivity index (χ4n) is 2.38. The number of anilines is 1. The molecule has 0 unspecified atom stereocenters. The van der Waals surface area contributed by atoms with Gasteiger partial charge in [0.05, 0.1) is 19.3 Å². The van der Waals surface area contributed by atoms with Crippen molar-refractivity contribution in [3.05, 3.63) is 54.1 Å². The van der Waals surface area contributed by atoms with Crippen molar-refractivity contribution in [2.75, 3.05) is 25.6 Å². The molecule has 2 aromatic carbocycles. The van der Waals surface area contributed by atoms with E-state index in [1.165, 1.54) is 0 Å². The first-order valence-electron chi connectivity index (χ1n) is 9.11. The Kier molecular flexibility index (Phi) is 8.45. The van der Waals surface area contributed by atoms with Gasteiger partial charge in [-0.05, 0) is 55.8 Å². The number of ether oxygens (including phenoxy) is 3. The largest absolute Gasteiger partial charge is 0.493 e. The van der Waals surface area contributed by atoms with Crippen LogP contribution in [0.4, 0.5) is 5.69 Å². The molecule has 2 rings (SSSR count). The van der Waals surface area contributed by atoms with Gasteiger partial charge in [0, 0.05) is 25.8 Å². The minimum Gasteiger partial charge on any atom is -0.493 e. The average molecular weight is 371 g/mol. The van der Waals surface area contributed by atoms with E-state index < -0.39 is 0 Å². The zero-order valence-corrected chi connectivity index (χ0v) is 16.3. The number of hydrogen-bond donors (Lipinski definition) is 2. The second-order valence-electron chi connectivity index (χ2n) is 6.36. The molecule has 0 radical (unpaired) electrons. The van der Waals surface area contributed by atoms with Gasteiger partial charge in [0.1, 0.15) is 11.5 Å². The van der Waals surface area contributed by atoms with Crippen LogP contribution in [0, 0.1) is 0 Å². The maximum Gasteiger partial charge on any atom is 0.193 e. The van der Waals surface area contributed by atoms with E-state index in [0.29, 0.717) is 25.7 Å². The summed E-state index contributed by atoms with van der Waals surface area (Å²) < 4.78 is 16.3. The van der Waals surface area contributed by atoms with Gasteiger partial charge in [0.15, 0.2) is 5.96 Å². The lowest BCUT2D eigenvalue weighted by molar-refractivity contribution is 0.172. The summed E-state index contributed by atoms with van der Waals surface area (Å²) in [6.45, 7) is 5.78. The predicted octanol–water partition coefficient (Wildman–Crippen LogP) is 3.82. The molecule has 0 saturated heterocycles. The van der Waals surface area contributed by atoms with Gasteiger partial charge in [0.2, 0.25) is 0 Å². The van der Waals surface area contributed by atoms with Gasteiger partial charge in [0.25, 0.3) is 0 Å². The first kappa shape index (κ1) is 20.6. The van der Waals surface area contributed by atoms with Crippen molar-refractivity contribution in [1.29, 1.82) is 0 Å². The third kappa shape index (κ3) is 8.00. The summed E-state index contributed by atoms with van der Waals surface area (Å²) in [5.41, 5.74) is 7.88. The molecule has 0 aliphatic carbocycles. The van der Waals surface area contributed by atoms with E-state index >= 15 is 0 Å². The zero-order valence-electron chi connectivity index (χ0n) is 16.3. The van der Waals surface area contributed by atoms with Crippen molar-refractivity contribution in [3.63, 3.8) is 0 Å². The van der Waals surface area contributed by atoms with Gasteiger partial charge in [-0.1, -0.05) is 12.1 Å². The number of guanidine groups is 1. The third-order valence-electron chi connectivity index (χ3n) is 3.59. The van der Waals surface area contributed by atoms with Crippen molar-refractivity contribution in [2.45, 2.75) is 32.9 Å². The van der Waals surface area contributed by atoms with Gasteiger partial charge >= 0.3 is 0 Å². The van der Waals surface area contributed by atoms with Gasteiger partial charge in [-0.2, -0.15) is 0 Å². The van der Waals surface area contributed by atoms with E-state index in [1.807, 2.05) is 62.4 Å². The molecule has 146 valence electrons. The minimum atomic E-state index is 0.148. The number of hydrogen-bond acceptors (Lipinski definition) is 4. The lowest BCUT2D eigenvalue weighted by atomic mass is 10.2. The highest BCUT2D eigenvalue weighted by Crippen LogP contribution is 2.17. The Morgan fingerprint density at radius 3 is 2.56 bits per heavy atom. The number of nitrogens with one attached hydrogen (secondary N) is 1. The highest BCUT2D eigenvalue weighted by atomic mass is 16.5. The summed E-state index contributed by atoms with van der Waals surface area (Å²) in [6.07, 6.45) is 1.01. The maximum absolute atomic E-state index is 5.99. The molecule has 27 heavy (non-hydrogen) atoms. The normalized spacial score (nSPS) is 11.5. The molecule has 0 bridgehead atoms.